The first-order valence-electron chi connectivity index (χ1n) is 9.34. The summed E-state index contributed by atoms with van der Waals surface area (Å²) in [6, 6.07) is 5.85. The summed E-state index contributed by atoms with van der Waals surface area (Å²) in [6.07, 6.45) is 9.42. The van der Waals surface area contributed by atoms with E-state index in [1.807, 2.05) is 24.3 Å². The van der Waals surface area contributed by atoms with E-state index in [2.05, 4.69) is 26.2 Å². The van der Waals surface area contributed by atoms with Gasteiger partial charge in [-0.1, -0.05) is 22.4 Å². The van der Waals surface area contributed by atoms with Gasteiger partial charge in [0.15, 0.2) is 0 Å². The van der Waals surface area contributed by atoms with Gasteiger partial charge in [-0.25, -0.2) is 0 Å². The van der Waals surface area contributed by atoms with Crippen molar-refractivity contribution in [3.8, 4) is 0 Å². The van der Waals surface area contributed by atoms with Crippen LogP contribution in [0, 0.1) is 0 Å². The normalized spacial score (nSPS) is 17.8. The number of carbonyl (C=O) groups is 1. The van der Waals surface area contributed by atoms with Crippen molar-refractivity contribution in [3.05, 3.63) is 50.8 Å². The molecule has 2 aliphatic rings. The van der Waals surface area contributed by atoms with Crippen molar-refractivity contribution in [1.82, 2.24) is 4.98 Å². The van der Waals surface area contributed by atoms with Crippen molar-refractivity contribution in [2.24, 2.45) is 0 Å². The number of fused-ring (bicyclic) bond motifs is 2. The molecule has 5 heteroatoms. The monoisotopic (exact) mass is 414 g/mol. The number of halogens is 1. The number of hydrogen-bond donors (Lipinski definition) is 3. The second kappa shape index (κ2) is 7.41. The van der Waals surface area contributed by atoms with Gasteiger partial charge in [0, 0.05) is 33.7 Å². The van der Waals surface area contributed by atoms with Gasteiger partial charge in [0.25, 0.3) is 5.91 Å². The lowest BCUT2D eigenvalue weighted by molar-refractivity contribution is -0.110. The average molecular weight is 415 g/mol. The molecule has 0 unspecified atom stereocenters. The quantitative estimate of drug-likeness (QED) is 0.510. The van der Waals surface area contributed by atoms with Gasteiger partial charge in [-0.05, 0) is 73.9 Å². The average Bonchev–Trinajstić information content (AvgIpc) is 2.99. The second-order valence-corrected chi connectivity index (χ2v) is 7.98. The van der Waals surface area contributed by atoms with Crippen LogP contribution in [0.4, 0.5) is 5.69 Å². The fraction of sp³-hybridized carbons (Fsp3) is 0.381. The van der Waals surface area contributed by atoms with Gasteiger partial charge < -0.3 is 15.4 Å². The second-order valence-electron chi connectivity index (χ2n) is 7.06. The molecule has 0 atom stereocenters. The van der Waals surface area contributed by atoms with E-state index in [1.54, 1.807) is 0 Å². The maximum atomic E-state index is 12.5. The van der Waals surface area contributed by atoms with Gasteiger partial charge >= 0.3 is 0 Å². The zero-order valence-corrected chi connectivity index (χ0v) is 16.3. The van der Waals surface area contributed by atoms with Crippen LogP contribution >= 0.6 is 15.9 Å². The summed E-state index contributed by atoms with van der Waals surface area (Å²) in [6.45, 7) is 0.187. The highest BCUT2D eigenvalue weighted by Gasteiger charge is 2.26. The molecule has 1 aromatic heterocycles. The number of aliphatic hydroxyl groups excluding tert-OH is 1. The molecule has 0 bridgehead atoms. The van der Waals surface area contributed by atoms with Crippen molar-refractivity contribution >= 4 is 39.2 Å². The van der Waals surface area contributed by atoms with Crippen molar-refractivity contribution in [1.29, 1.82) is 0 Å². The Labute approximate surface area is 161 Å². The highest BCUT2D eigenvalue weighted by Crippen LogP contribution is 2.36. The van der Waals surface area contributed by atoms with Gasteiger partial charge in [-0.2, -0.15) is 0 Å². The van der Waals surface area contributed by atoms with Crippen LogP contribution in [0.5, 0.6) is 0 Å². The molecule has 0 spiro atoms. The summed E-state index contributed by atoms with van der Waals surface area (Å²) >= 11 is 3.50. The Morgan fingerprint density at radius 1 is 1.19 bits per heavy atom. The predicted molar refractivity (Wildman–Crippen MR) is 108 cm³/mol. The summed E-state index contributed by atoms with van der Waals surface area (Å²) in [5.74, 6) is -0.0593. The molecule has 0 saturated carbocycles. The Balaban J connectivity index is 1.80. The third kappa shape index (κ3) is 3.26. The summed E-state index contributed by atoms with van der Waals surface area (Å²) in [5, 5.41) is 12.3. The first-order chi connectivity index (χ1) is 12.7. The van der Waals surface area contributed by atoms with Gasteiger partial charge in [-0.15, -0.1) is 0 Å². The number of hydrogen-bond acceptors (Lipinski definition) is 2. The minimum atomic E-state index is -0.0593. The van der Waals surface area contributed by atoms with E-state index >= 15 is 0 Å². The molecule has 0 saturated heterocycles. The molecule has 4 nitrogen and oxygen atoms in total. The van der Waals surface area contributed by atoms with Gasteiger partial charge in [-0.3, -0.25) is 4.79 Å². The number of H-pyrrole nitrogens is 1. The number of aryl methyl sites for hydroxylation is 1. The predicted octanol–water partition coefficient (Wildman–Crippen LogP) is 4.46. The smallest absolute Gasteiger partial charge is 0.256 e. The van der Waals surface area contributed by atoms with Crippen LogP contribution in [0.3, 0.4) is 0 Å². The van der Waals surface area contributed by atoms with E-state index in [0.29, 0.717) is 5.57 Å². The molecule has 1 aromatic carbocycles. The standard InChI is InChI=1S/C21H23BrN2O2/c22-13-8-9-19-16(11-13)17(21(26)24-19)12-20-15(6-4-10-25)14-5-2-1-3-7-18(14)23-20/h8-9,11-12,23,25H,1-7,10H2,(H,24,26). The summed E-state index contributed by atoms with van der Waals surface area (Å²) in [5.41, 5.74) is 7.52. The number of aromatic nitrogens is 1. The molecule has 0 fully saturated rings. The van der Waals surface area contributed by atoms with Crippen molar-refractivity contribution in [2.75, 3.05) is 11.9 Å². The number of aliphatic hydroxyl groups is 1. The summed E-state index contributed by atoms with van der Waals surface area (Å²) in [7, 11) is 0. The Morgan fingerprint density at radius 2 is 2.04 bits per heavy atom. The number of carbonyl (C=O) groups excluding carboxylic acids is 1. The Bertz CT molecular complexity index is 882. The first-order valence-corrected chi connectivity index (χ1v) is 10.1. The first kappa shape index (κ1) is 17.6. The number of nitrogens with one attached hydrogen (secondary N) is 2. The lowest BCUT2D eigenvalue weighted by atomic mass is 9.98. The largest absolute Gasteiger partial charge is 0.396 e. The van der Waals surface area contributed by atoms with Crippen molar-refractivity contribution in [2.45, 2.75) is 44.9 Å². The highest BCUT2D eigenvalue weighted by molar-refractivity contribution is 9.10. The maximum absolute atomic E-state index is 12.5. The molecule has 1 aliphatic carbocycles. The fourth-order valence-electron chi connectivity index (χ4n) is 4.07. The Morgan fingerprint density at radius 3 is 2.88 bits per heavy atom. The molecule has 1 amide bonds. The topological polar surface area (TPSA) is 65.1 Å². The lowest BCUT2D eigenvalue weighted by Gasteiger charge is -2.05. The third-order valence-electron chi connectivity index (χ3n) is 5.33. The molecule has 1 aliphatic heterocycles. The molecular weight excluding hydrogens is 392 g/mol. The van der Waals surface area contributed by atoms with Crippen LogP contribution in [0.1, 0.15) is 53.8 Å². The molecule has 2 aromatic rings. The molecule has 3 N–H and O–H groups in total. The van der Waals surface area contributed by atoms with Crippen LogP contribution in [0.2, 0.25) is 0 Å². The number of amides is 1. The molecule has 136 valence electrons. The van der Waals surface area contributed by atoms with E-state index < -0.39 is 0 Å². The number of anilines is 1. The number of benzene rings is 1. The number of aromatic amines is 1. The van der Waals surface area contributed by atoms with E-state index in [-0.39, 0.29) is 12.5 Å². The van der Waals surface area contributed by atoms with Crippen LogP contribution in [0.15, 0.2) is 22.7 Å². The van der Waals surface area contributed by atoms with Crippen LogP contribution in [0.25, 0.3) is 11.6 Å². The Hall–Kier alpha value is -1.85. The van der Waals surface area contributed by atoms with Crippen LogP contribution in [-0.2, 0) is 24.1 Å². The van der Waals surface area contributed by atoms with Gasteiger partial charge in [0.05, 0.1) is 5.57 Å². The van der Waals surface area contributed by atoms with E-state index in [1.165, 1.54) is 36.1 Å². The Kier molecular flexibility index (Phi) is 5.00. The zero-order valence-electron chi connectivity index (χ0n) is 14.7. The summed E-state index contributed by atoms with van der Waals surface area (Å²) in [4.78, 5) is 16.1. The lowest BCUT2D eigenvalue weighted by Crippen LogP contribution is -2.04. The van der Waals surface area contributed by atoms with E-state index in [9.17, 15) is 9.90 Å². The van der Waals surface area contributed by atoms with Crippen molar-refractivity contribution < 1.29 is 9.90 Å². The summed E-state index contributed by atoms with van der Waals surface area (Å²) < 4.78 is 0.960. The number of rotatable bonds is 4. The minimum absolute atomic E-state index is 0.0593. The molecule has 0 radical (unpaired) electrons. The van der Waals surface area contributed by atoms with Crippen LogP contribution < -0.4 is 5.32 Å². The van der Waals surface area contributed by atoms with E-state index in [0.717, 1.165) is 47.1 Å². The molecule has 4 rings (SSSR count). The minimum Gasteiger partial charge on any atom is -0.396 e. The highest BCUT2D eigenvalue weighted by atomic mass is 79.9. The molecule has 2 heterocycles. The van der Waals surface area contributed by atoms with Gasteiger partial charge in [0.1, 0.15) is 0 Å². The van der Waals surface area contributed by atoms with Crippen LogP contribution in [-0.4, -0.2) is 22.6 Å². The molecule has 26 heavy (non-hydrogen) atoms. The maximum Gasteiger partial charge on any atom is 0.256 e. The fourth-order valence-corrected chi connectivity index (χ4v) is 4.43. The zero-order chi connectivity index (χ0) is 18.1. The molecular formula is C21H23BrN2O2. The SMILES string of the molecule is O=C1Nc2ccc(Br)cc2C1=Cc1[nH]c2c(c1CCCO)CCCCC2. The van der Waals surface area contributed by atoms with Crippen molar-refractivity contribution in [3.63, 3.8) is 0 Å². The third-order valence-corrected chi connectivity index (χ3v) is 5.82. The van der Waals surface area contributed by atoms with E-state index in [4.69, 9.17) is 0 Å². The van der Waals surface area contributed by atoms with Gasteiger partial charge in [0.2, 0.25) is 0 Å².